The van der Waals surface area contributed by atoms with Gasteiger partial charge >= 0.3 is 0 Å². The highest BCUT2D eigenvalue weighted by molar-refractivity contribution is 6.11. The molecule has 0 saturated carbocycles. The fourth-order valence-corrected chi connectivity index (χ4v) is 8.44. The number of nitrogens with zero attached hydrogens (tertiary/aromatic N) is 6. The second kappa shape index (κ2) is 12.6. The van der Waals surface area contributed by atoms with Crippen molar-refractivity contribution in [2.45, 2.75) is 20.8 Å². The van der Waals surface area contributed by atoms with Crippen LogP contribution in [-0.2, 0) is 0 Å². The van der Waals surface area contributed by atoms with Gasteiger partial charge in [0.25, 0.3) is 0 Å². The summed E-state index contributed by atoms with van der Waals surface area (Å²) in [5.41, 5.74) is 13.4. The second-order valence-electron chi connectivity index (χ2n) is 14.2. The Kier molecular flexibility index (Phi) is 7.43. The average Bonchev–Trinajstić information content (AvgIpc) is 3.73. The number of nitriles is 1. The Morgan fingerprint density at radius 2 is 1.04 bits per heavy atom. The molecular weight excluding hydrogens is 673 g/mol. The zero-order valence-electron chi connectivity index (χ0n) is 30.6. The second-order valence-corrected chi connectivity index (χ2v) is 14.2. The first-order valence-corrected chi connectivity index (χ1v) is 18.4. The number of benzene rings is 7. The molecule has 3 heterocycles. The zero-order chi connectivity index (χ0) is 37.2. The molecule has 10 aromatic rings. The Bertz CT molecular complexity index is 3120. The number of rotatable bonds is 5. The summed E-state index contributed by atoms with van der Waals surface area (Å²) in [6, 6.07) is 54.7. The zero-order valence-corrected chi connectivity index (χ0v) is 30.6. The molecule has 6 heteroatoms. The van der Waals surface area contributed by atoms with Crippen LogP contribution in [0.1, 0.15) is 22.3 Å². The van der Waals surface area contributed by atoms with Crippen molar-refractivity contribution in [1.29, 1.82) is 5.26 Å². The number of hydrogen-bond donors (Lipinski definition) is 0. The van der Waals surface area contributed by atoms with E-state index < -0.39 is 0 Å². The molecule has 0 unspecified atom stereocenters. The van der Waals surface area contributed by atoms with Crippen LogP contribution in [0, 0.1) is 32.1 Å². The lowest BCUT2D eigenvalue weighted by Gasteiger charge is -2.16. The van der Waals surface area contributed by atoms with E-state index in [9.17, 15) is 5.26 Å². The van der Waals surface area contributed by atoms with Crippen LogP contribution in [0.5, 0.6) is 0 Å². The minimum absolute atomic E-state index is 0.478. The molecule has 6 nitrogen and oxygen atoms in total. The number of aromatic nitrogens is 5. The molecule has 0 saturated heterocycles. The third kappa shape index (κ3) is 5.20. The quantitative estimate of drug-likeness (QED) is 0.179. The maximum atomic E-state index is 10.2. The van der Waals surface area contributed by atoms with Gasteiger partial charge in [-0.2, -0.15) is 15.2 Å². The van der Waals surface area contributed by atoms with Crippen LogP contribution in [0.2, 0.25) is 0 Å². The highest BCUT2D eigenvalue weighted by Gasteiger charge is 2.22. The predicted molar refractivity (Wildman–Crippen MR) is 224 cm³/mol. The minimum atomic E-state index is 0.478. The third-order valence-electron chi connectivity index (χ3n) is 10.7. The third-order valence-corrected chi connectivity index (χ3v) is 10.7. The summed E-state index contributed by atoms with van der Waals surface area (Å²) in [6.45, 7) is 6.53. The summed E-state index contributed by atoms with van der Waals surface area (Å²) in [4.78, 5) is 15.6. The largest absolute Gasteiger partial charge is 0.308 e. The van der Waals surface area contributed by atoms with E-state index in [1.807, 2.05) is 60.7 Å². The van der Waals surface area contributed by atoms with Crippen LogP contribution in [-0.4, -0.2) is 24.1 Å². The topological polar surface area (TPSA) is 72.3 Å². The van der Waals surface area contributed by atoms with Gasteiger partial charge in [0.2, 0.25) is 5.95 Å². The smallest absolute Gasteiger partial charge is 0.238 e. The lowest BCUT2D eigenvalue weighted by molar-refractivity contribution is 0.951. The Morgan fingerprint density at radius 3 is 1.69 bits per heavy atom. The van der Waals surface area contributed by atoms with E-state index in [0.29, 0.717) is 23.2 Å². The Balaban J connectivity index is 1.26. The van der Waals surface area contributed by atoms with Gasteiger partial charge in [-0.3, -0.25) is 4.57 Å². The molecule has 10 rings (SSSR count). The lowest BCUT2D eigenvalue weighted by Crippen LogP contribution is -2.08. The van der Waals surface area contributed by atoms with Crippen molar-refractivity contribution in [3.05, 3.63) is 174 Å². The van der Waals surface area contributed by atoms with Crippen LogP contribution >= 0.6 is 0 Å². The maximum Gasteiger partial charge on any atom is 0.238 e. The lowest BCUT2D eigenvalue weighted by atomic mass is 9.93. The van der Waals surface area contributed by atoms with Crippen LogP contribution < -0.4 is 0 Å². The van der Waals surface area contributed by atoms with E-state index in [1.165, 1.54) is 27.8 Å². The van der Waals surface area contributed by atoms with E-state index >= 15 is 0 Å². The molecule has 0 bridgehead atoms. The van der Waals surface area contributed by atoms with Crippen LogP contribution in [0.4, 0.5) is 0 Å². The highest BCUT2D eigenvalue weighted by atomic mass is 15.2. The van der Waals surface area contributed by atoms with Crippen LogP contribution in [0.25, 0.3) is 89.2 Å². The van der Waals surface area contributed by atoms with Crippen LogP contribution in [0.3, 0.4) is 0 Å². The summed E-state index contributed by atoms with van der Waals surface area (Å²) in [6.07, 6.45) is 0. The molecule has 0 aliphatic heterocycles. The van der Waals surface area contributed by atoms with E-state index in [0.717, 1.165) is 60.4 Å². The summed E-state index contributed by atoms with van der Waals surface area (Å²) in [5, 5.41) is 14.8. The molecule has 0 amide bonds. The van der Waals surface area contributed by atoms with Crippen molar-refractivity contribution in [3.63, 3.8) is 0 Å². The summed E-state index contributed by atoms with van der Waals surface area (Å²) in [5.74, 6) is 1.53. The number of fused-ring (bicyclic) bond motifs is 6. The molecule has 0 fully saturated rings. The number of aryl methyl sites for hydroxylation is 3. The summed E-state index contributed by atoms with van der Waals surface area (Å²) >= 11 is 0. The van der Waals surface area contributed by atoms with Gasteiger partial charge in [0, 0.05) is 32.7 Å². The molecule has 0 aliphatic carbocycles. The average molecular weight is 707 g/mol. The van der Waals surface area contributed by atoms with Gasteiger partial charge < -0.3 is 4.57 Å². The van der Waals surface area contributed by atoms with Gasteiger partial charge in [-0.05, 0) is 91.6 Å². The molecular formula is C49H34N6. The first-order valence-electron chi connectivity index (χ1n) is 18.4. The first kappa shape index (κ1) is 32.3. The molecule has 0 atom stereocenters. The van der Waals surface area contributed by atoms with Crippen molar-refractivity contribution in [2.75, 3.05) is 0 Å². The molecule has 0 N–H and O–H groups in total. The molecule has 55 heavy (non-hydrogen) atoms. The molecule has 7 aromatic carbocycles. The Morgan fingerprint density at radius 1 is 0.473 bits per heavy atom. The monoisotopic (exact) mass is 706 g/mol. The van der Waals surface area contributed by atoms with Gasteiger partial charge in [0.05, 0.1) is 39.4 Å². The van der Waals surface area contributed by atoms with Gasteiger partial charge in [-0.1, -0.05) is 109 Å². The molecule has 3 aromatic heterocycles. The van der Waals surface area contributed by atoms with Crippen molar-refractivity contribution in [2.24, 2.45) is 0 Å². The minimum Gasteiger partial charge on any atom is -0.308 e. The van der Waals surface area contributed by atoms with E-state index in [2.05, 4.69) is 127 Å². The molecule has 0 spiro atoms. The first-order chi connectivity index (χ1) is 27.0. The van der Waals surface area contributed by atoms with E-state index in [-0.39, 0.29) is 0 Å². The van der Waals surface area contributed by atoms with Gasteiger partial charge in [-0.15, -0.1) is 0 Å². The highest BCUT2D eigenvalue weighted by Crippen LogP contribution is 2.40. The van der Waals surface area contributed by atoms with Crippen molar-refractivity contribution in [1.82, 2.24) is 24.1 Å². The number of hydrogen-bond acceptors (Lipinski definition) is 4. The standard InChI is InChI=1S/C49H34N6/c1-30-25-31(2)46(32(3)26-30)35-22-24-44-39(28-35)38-17-9-10-18-41(38)54(44)45-23-21-33(29-50)27-40(45)48-51-47(34-13-5-4-6-14-34)52-49(53-48)55-42-19-11-7-15-36(42)37-16-8-12-20-43(37)55/h4-28H,1-3H3. The van der Waals surface area contributed by atoms with Gasteiger partial charge in [0.1, 0.15) is 0 Å². The van der Waals surface area contributed by atoms with Crippen molar-refractivity contribution >= 4 is 43.6 Å². The fraction of sp³-hybridized carbons (Fsp3) is 0.0612. The maximum absolute atomic E-state index is 10.2. The van der Waals surface area contributed by atoms with Crippen molar-refractivity contribution < 1.29 is 0 Å². The SMILES string of the molecule is Cc1cc(C)c(-c2ccc3c(c2)c2ccccc2n3-c2ccc(C#N)cc2-c2nc(-c3ccccc3)nc(-n3c4ccccc4c4ccccc43)n2)c(C)c1. The molecule has 0 radical (unpaired) electrons. The summed E-state index contributed by atoms with van der Waals surface area (Å²) in [7, 11) is 0. The van der Waals surface area contributed by atoms with E-state index in [1.54, 1.807) is 0 Å². The predicted octanol–water partition coefficient (Wildman–Crippen LogP) is 11.9. The van der Waals surface area contributed by atoms with E-state index in [4.69, 9.17) is 15.0 Å². The Hall–Kier alpha value is -7.36. The van der Waals surface area contributed by atoms with Crippen LogP contribution in [0.15, 0.2) is 152 Å². The van der Waals surface area contributed by atoms with Crippen molar-refractivity contribution in [3.8, 4) is 51.6 Å². The Labute approximate surface area is 318 Å². The molecule has 0 aliphatic rings. The number of para-hydroxylation sites is 3. The van der Waals surface area contributed by atoms with Gasteiger partial charge in [-0.25, -0.2) is 4.98 Å². The summed E-state index contributed by atoms with van der Waals surface area (Å²) < 4.78 is 4.40. The fourth-order valence-electron chi connectivity index (χ4n) is 8.44. The van der Waals surface area contributed by atoms with Gasteiger partial charge in [0.15, 0.2) is 11.6 Å². The normalized spacial score (nSPS) is 11.5. The molecule has 260 valence electrons.